The average Bonchev–Trinajstić information content (AvgIpc) is 3.26. The summed E-state index contributed by atoms with van der Waals surface area (Å²) in [6, 6.07) is 16.6. The van der Waals surface area contributed by atoms with Crippen molar-refractivity contribution in [3.8, 4) is 0 Å². The molecule has 0 atom stereocenters. The van der Waals surface area contributed by atoms with E-state index < -0.39 is 0 Å². The van der Waals surface area contributed by atoms with Crippen molar-refractivity contribution in [2.75, 3.05) is 13.1 Å². The van der Waals surface area contributed by atoms with Crippen LogP contribution in [0.5, 0.6) is 0 Å². The predicted octanol–water partition coefficient (Wildman–Crippen LogP) is 5.44. The van der Waals surface area contributed by atoms with E-state index in [0.717, 1.165) is 37.9 Å². The average molecular weight is 357 g/mol. The van der Waals surface area contributed by atoms with E-state index in [1.54, 1.807) is 6.08 Å². The molecule has 27 heavy (non-hydrogen) atoms. The monoisotopic (exact) mass is 357 g/mol. The van der Waals surface area contributed by atoms with Gasteiger partial charge in [-0.1, -0.05) is 55.5 Å². The summed E-state index contributed by atoms with van der Waals surface area (Å²) < 4.78 is 0. The van der Waals surface area contributed by atoms with E-state index in [0.29, 0.717) is 0 Å². The van der Waals surface area contributed by atoms with Crippen LogP contribution in [0.4, 0.5) is 0 Å². The Kier molecular flexibility index (Phi) is 5.24. The second-order valence-corrected chi connectivity index (χ2v) is 7.46. The standard InChI is InChI=1S/C25H27NO/c1-2-19-9-11-21(12-10-19)25(27)16-14-23-22-8-4-3-7-20(22)13-15-24(23)26-17-5-6-18-26/h3-4,7-12,14,16H,2,5-6,13,15,17-18H2,1H3/b16-14+. The molecule has 0 spiro atoms. The first-order chi connectivity index (χ1) is 13.3. The van der Waals surface area contributed by atoms with Crippen molar-refractivity contribution in [1.29, 1.82) is 0 Å². The van der Waals surface area contributed by atoms with Gasteiger partial charge in [-0.05, 0) is 60.9 Å². The minimum Gasteiger partial charge on any atom is -0.374 e. The quantitative estimate of drug-likeness (QED) is 0.524. The molecule has 1 saturated heterocycles. The third-order valence-corrected chi connectivity index (χ3v) is 5.79. The molecule has 1 aliphatic carbocycles. The first-order valence-corrected chi connectivity index (χ1v) is 10.1. The number of fused-ring (bicyclic) bond motifs is 1. The van der Waals surface area contributed by atoms with Crippen LogP contribution in [0.15, 0.2) is 66.4 Å². The van der Waals surface area contributed by atoms with Gasteiger partial charge in [0.15, 0.2) is 5.78 Å². The molecule has 0 amide bonds. The van der Waals surface area contributed by atoms with Gasteiger partial charge in [-0.2, -0.15) is 0 Å². The number of hydrogen-bond donors (Lipinski definition) is 0. The second kappa shape index (κ2) is 7.96. The summed E-state index contributed by atoms with van der Waals surface area (Å²) >= 11 is 0. The second-order valence-electron chi connectivity index (χ2n) is 7.46. The predicted molar refractivity (Wildman–Crippen MR) is 112 cm³/mol. The number of allylic oxidation sites excluding steroid dienone is 4. The molecule has 138 valence electrons. The summed E-state index contributed by atoms with van der Waals surface area (Å²) in [7, 11) is 0. The zero-order chi connectivity index (χ0) is 18.6. The number of aryl methyl sites for hydroxylation is 2. The first-order valence-electron chi connectivity index (χ1n) is 10.1. The lowest BCUT2D eigenvalue weighted by Gasteiger charge is -2.29. The normalized spacial score (nSPS) is 16.9. The van der Waals surface area contributed by atoms with Gasteiger partial charge < -0.3 is 4.90 Å². The van der Waals surface area contributed by atoms with Gasteiger partial charge in [0.1, 0.15) is 0 Å². The van der Waals surface area contributed by atoms with Crippen LogP contribution in [0, 0.1) is 0 Å². The van der Waals surface area contributed by atoms with E-state index in [9.17, 15) is 4.79 Å². The Morgan fingerprint density at radius 2 is 1.74 bits per heavy atom. The van der Waals surface area contributed by atoms with Crippen LogP contribution in [-0.4, -0.2) is 23.8 Å². The Balaban J connectivity index is 1.66. The molecule has 0 bridgehead atoms. The number of ketones is 1. The van der Waals surface area contributed by atoms with E-state index in [1.165, 1.54) is 40.8 Å². The molecule has 0 aromatic heterocycles. The van der Waals surface area contributed by atoms with Gasteiger partial charge in [-0.15, -0.1) is 0 Å². The molecule has 4 rings (SSSR count). The molecule has 1 heterocycles. The molecular weight excluding hydrogens is 330 g/mol. The van der Waals surface area contributed by atoms with E-state index in [-0.39, 0.29) is 5.78 Å². The van der Waals surface area contributed by atoms with E-state index in [1.807, 2.05) is 24.3 Å². The lowest BCUT2D eigenvalue weighted by Crippen LogP contribution is -2.22. The van der Waals surface area contributed by atoms with Gasteiger partial charge in [-0.25, -0.2) is 0 Å². The number of rotatable bonds is 5. The van der Waals surface area contributed by atoms with Crippen LogP contribution < -0.4 is 0 Å². The van der Waals surface area contributed by atoms with Crippen LogP contribution in [0.2, 0.25) is 0 Å². The summed E-state index contributed by atoms with van der Waals surface area (Å²) in [5, 5.41) is 0. The third kappa shape index (κ3) is 3.75. The maximum atomic E-state index is 12.7. The molecule has 2 aromatic carbocycles. The fourth-order valence-corrected chi connectivity index (χ4v) is 4.21. The summed E-state index contributed by atoms with van der Waals surface area (Å²) in [5.74, 6) is 0.0778. The number of benzene rings is 2. The molecule has 2 aliphatic rings. The number of likely N-dealkylation sites (tertiary alicyclic amines) is 1. The maximum absolute atomic E-state index is 12.7. The van der Waals surface area contributed by atoms with Gasteiger partial charge in [0.25, 0.3) is 0 Å². The molecule has 2 aromatic rings. The Labute approximate surface area is 162 Å². The molecule has 0 N–H and O–H groups in total. The fraction of sp³-hybridized carbons (Fsp3) is 0.320. The van der Waals surface area contributed by atoms with Crippen molar-refractivity contribution in [3.05, 3.63) is 88.6 Å². The third-order valence-electron chi connectivity index (χ3n) is 5.79. The van der Waals surface area contributed by atoms with E-state index >= 15 is 0 Å². The van der Waals surface area contributed by atoms with Gasteiger partial charge in [-0.3, -0.25) is 4.79 Å². The topological polar surface area (TPSA) is 20.3 Å². The highest BCUT2D eigenvalue weighted by atomic mass is 16.1. The summed E-state index contributed by atoms with van der Waals surface area (Å²) in [6.07, 6.45) is 9.50. The zero-order valence-corrected chi connectivity index (χ0v) is 16.1. The first kappa shape index (κ1) is 17.8. The Morgan fingerprint density at radius 1 is 1.00 bits per heavy atom. The molecule has 1 fully saturated rings. The van der Waals surface area contributed by atoms with Crippen molar-refractivity contribution in [2.45, 2.75) is 39.0 Å². The van der Waals surface area contributed by atoms with Crippen LogP contribution in [0.25, 0.3) is 5.57 Å². The van der Waals surface area contributed by atoms with Crippen molar-refractivity contribution >= 4 is 11.4 Å². The lowest BCUT2D eigenvalue weighted by molar-refractivity contribution is 0.104. The maximum Gasteiger partial charge on any atom is 0.185 e. The SMILES string of the molecule is CCc1ccc(C(=O)/C=C/C2=C(N3CCCC3)CCc3ccccc32)cc1. The molecule has 0 unspecified atom stereocenters. The molecule has 0 radical (unpaired) electrons. The molecule has 0 saturated carbocycles. The fourth-order valence-electron chi connectivity index (χ4n) is 4.21. The van der Waals surface area contributed by atoms with Crippen molar-refractivity contribution < 1.29 is 4.79 Å². The summed E-state index contributed by atoms with van der Waals surface area (Å²) in [6.45, 7) is 4.41. The van der Waals surface area contributed by atoms with Gasteiger partial charge in [0, 0.05) is 29.9 Å². The highest BCUT2D eigenvalue weighted by Gasteiger charge is 2.23. The van der Waals surface area contributed by atoms with Crippen molar-refractivity contribution in [1.82, 2.24) is 4.90 Å². The van der Waals surface area contributed by atoms with E-state index in [4.69, 9.17) is 0 Å². The smallest absolute Gasteiger partial charge is 0.185 e. The summed E-state index contributed by atoms with van der Waals surface area (Å²) in [4.78, 5) is 15.2. The number of carbonyl (C=O) groups excluding carboxylic acids is 1. The Morgan fingerprint density at radius 3 is 2.48 bits per heavy atom. The molecule has 2 nitrogen and oxygen atoms in total. The van der Waals surface area contributed by atoms with Crippen LogP contribution in [0.3, 0.4) is 0 Å². The molecule has 1 aliphatic heterocycles. The minimum atomic E-state index is 0.0778. The lowest BCUT2D eigenvalue weighted by atomic mass is 9.87. The largest absolute Gasteiger partial charge is 0.374 e. The van der Waals surface area contributed by atoms with Crippen molar-refractivity contribution in [2.24, 2.45) is 0 Å². The van der Waals surface area contributed by atoms with Crippen LogP contribution >= 0.6 is 0 Å². The number of carbonyl (C=O) groups is 1. The van der Waals surface area contributed by atoms with Crippen LogP contribution in [-0.2, 0) is 12.8 Å². The Hall–Kier alpha value is -2.61. The highest BCUT2D eigenvalue weighted by molar-refractivity contribution is 6.06. The van der Waals surface area contributed by atoms with Crippen molar-refractivity contribution in [3.63, 3.8) is 0 Å². The van der Waals surface area contributed by atoms with Gasteiger partial charge >= 0.3 is 0 Å². The van der Waals surface area contributed by atoms with Gasteiger partial charge in [0.2, 0.25) is 0 Å². The van der Waals surface area contributed by atoms with E-state index in [2.05, 4.69) is 42.2 Å². The number of hydrogen-bond acceptors (Lipinski definition) is 2. The number of nitrogens with zero attached hydrogens (tertiary/aromatic N) is 1. The highest BCUT2D eigenvalue weighted by Crippen LogP contribution is 2.35. The summed E-state index contributed by atoms with van der Waals surface area (Å²) in [5.41, 5.74) is 7.34. The molecular formula is C25H27NO. The minimum absolute atomic E-state index is 0.0778. The van der Waals surface area contributed by atoms with Gasteiger partial charge in [0.05, 0.1) is 0 Å². The molecule has 2 heteroatoms. The Bertz CT molecular complexity index is 883. The zero-order valence-electron chi connectivity index (χ0n) is 16.1. The van der Waals surface area contributed by atoms with Crippen LogP contribution in [0.1, 0.15) is 53.2 Å².